The van der Waals surface area contributed by atoms with Crippen LogP contribution in [0.4, 0.5) is 69.5 Å². The monoisotopic (exact) mass is 1020 g/mol. The lowest BCUT2D eigenvalue weighted by Gasteiger charge is -2.26. The molecule has 1 aromatic heterocycles. The van der Waals surface area contributed by atoms with Crippen LogP contribution in [-0.4, -0.2) is 92.3 Å². The minimum atomic E-state index is -4.99. The Morgan fingerprint density at radius 1 is 0.704 bits per heavy atom. The molecule has 3 heterocycles. The summed E-state index contributed by atoms with van der Waals surface area (Å²) in [4.78, 5) is 58.3. The van der Waals surface area contributed by atoms with Crippen LogP contribution in [-0.2, 0) is 21.9 Å². The molecule has 0 unspecified atom stereocenters. The van der Waals surface area contributed by atoms with Crippen molar-refractivity contribution < 1.29 is 55.0 Å². The zero-order valence-corrected chi connectivity index (χ0v) is 38.7. The number of anilines is 6. The molecular weight excluding hydrogens is 969 g/mol. The summed E-state index contributed by atoms with van der Waals surface area (Å²) in [5.41, 5.74) is 12.6. The van der Waals surface area contributed by atoms with Crippen LogP contribution < -0.4 is 74.1 Å². The zero-order valence-electron chi connectivity index (χ0n) is 37.8. The van der Waals surface area contributed by atoms with Gasteiger partial charge in [-0.2, -0.15) is 26.3 Å². The SMILES string of the molecule is N=C(N)NCCCCC(=O)Nc1cc(C(F)(F)F)cc(NC(=O)Nc2ccc3nc(N(C(N)=O)c4cc(C(F)(F)F)cc(NC(=O)CCCCNC(=N)N)c4O[C@@H]4CCNC4)sc3c2)c1O[C@@H]1CCNC1. The Labute approximate surface area is 405 Å². The van der Waals surface area contributed by atoms with Gasteiger partial charge < -0.3 is 69.2 Å². The molecule has 0 bridgehead atoms. The van der Waals surface area contributed by atoms with Crippen molar-refractivity contribution in [3.05, 3.63) is 53.6 Å². The molecule has 28 heteroatoms. The number of hydrogen-bond acceptors (Lipinski definition) is 12. The van der Waals surface area contributed by atoms with Gasteiger partial charge in [0.25, 0.3) is 0 Å². The number of unbranched alkanes of at least 4 members (excludes halogenated alkanes) is 2. The van der Waals surface area contributed by atoms with Crippen LogP contribution in [0.3, 0.4) is 0 Å². The van der Waals surface area contributed by atoms with Crippen LogP contribution in [0.25, 0.3) is 10.2 Å². The van der Waals surface area contributed by atoms with Crippen molar-refractivity contribution in [2.24, 2.45) is 17.2 Å². The number of amides is 6. The van der Waals surface area contributed by atoms with Gasteiger partial charge in [0.2, 0.25) is 11.8 Å². The van der Waals surface area contributed by atoms with Crippen LogP contribution in [0.2, 0.25) is 0 Å². The van der Waals surface area contributed by atoms with Crippen molar-refractivity contribution in [1.29, 1.82) is 10.8 Å². The van der Waals surface area contributed by atoms with E-state index in [4.69, 9.17) is 37.5 Å². The molecule has 384 valence electrons. The number of nitrogens with zero attached hydrogens (tertiary/aromatic N) is 2. The highest BCUT2D eigenvalue weighted by atomic mass is 32.1. The van der Waals surface area contributed by atoms with Crippen LogP contribution in [0.1, 0.15) is 62.5 Å². The summed E-state index contributed by atoms with van der Waals surface area (Å²) in [6.45, 7) is 2.25. The predicted octanol–water partition coefficient (Wildman–Crippen LogP) is 5.86. The van der Waals surface area contributed by atoms with Crippen molar-refractivity contribution in [3.63, 3.8) is 0 Å². The molecule has 6 rings (SSSR count). The van der Waals surface area contributed by atoms with E-state index in [-0.39, 0.29) is 75.9 Å². The number of benzene rings is 3. The smallest absolute Gasteiger partial charge is 0.416 e. The Kier molecular flexibility index (Phi) is 17.6. The highest BCUT2D eigenvalue weighted by Crippen LogP contribution is 2.47. The first-order valence-corrected chi connectivity index (χ1v) is 23.0. The number of guanidine groups is 2. The van der Waals surface area contributed by atoms with Gasteiger partial charge in [-0.25, -0.2) is 19.5 Å². The summed E-state index contributed by atoms with van der Waals surface area (Å²) >= 11 is 0.784. The van der Waals surface area contributed by atoms with E-state index in [1.807, 2.05) is 0 Å². The molecule has 71 heavy (non-hydrogen) atoms. The van der Waals surface area contributed by atoms with E-state index in [0.717, 1.165) is 11.3 Å². The van der Waals surface area contributed by atoms with Crippen molar-refractivity contribution in [2.75, 3.05) is 65.4 Å². The number of halogens is 6. The van der Waals surface area contributed by atoms with Gasteiger partial charge in [-0.05, 0) is 94.1 Å². The average Bonchev–Trinajstić information content (AvgIpc) is 4.08. The van der Waals surface area contributed by atoms with Crippen LogP contribution in [0.5, 0.6) is 11.5 Å². The highest BCUT2D eigenvalue weighted by Gasteiger charge is 2.37. The Morgan fingerprint density at radius 2 is 1.21 bits per heavy atom. The molecule has 2 aliphatic rings. The van der Waals surface area contributed by atoms with Crippen molar-refractivity contribution >= 4 is 90.9 Å². The van der Waals surface area contributed by atoms with E-state index in [0.29, 0.717) is 94.0 Å². The molecule has 2 fully saturated rings. The van der Waals surface area contributed by atoms with Crippen molar-refractivity contribution in [2.45, 2.75) is 75.9 Å². The number of carbonyl (C=O) groups is 4. The van der Waals surface area contributed by atoms with E-state index >= 15 is 0 Å². The second-order valence-electron chi connectivity index (χ2n) is 16.4. The number of urea groups is 2. The zero-order chi connectivity index (χ0) is 51.5. The summed E-state index contributed by atoms with van der Waals surface area (Å²) in [6.07, 6.45) is -8.95. The third-order valence-corrected chi connectivity index (χ3v) is 11.8. The molecule has 2 saturated heterocycles. The second-order valence-corrected chi connectivity index (χ2v) is 17.4. The normalized spacial score (nSPS) is 15.7. The molecule has 0 radical (unpaired) electrons. The van der Waals surface area contributed by atoms with E-state index in [2.05, 4.69) is 47.5 Å². The summed E-state index contributed by atoms with van der Waals surface area (Å²) in [6, 6.07) is 4.59. The Hall–Kier alpha value is -7.33. The minimum absolute atomic E-state index is 0.0666. The third-order valence-electron chi connectivity index (χ3n) is 10.8. The number of aromatic nitrogens is 1. The molecule has 0 spiro atoms. The number of rotatable bonds is 20. The van der Waals surface area contributed by atoms with Gasteiger partial charge in [0.15, 0.2) is 28.5 Å². The standard InChI is InChI=1S/C43H53F6N15O6S/c44-42(45,46)22-15-28(60-33(65)5-1-3-11-57-37(50)51)35(69-25-9-13-55-20-25)29(16-22)62-40(68)59-24-7-8-27-32(19-24)71-41(63-27)64(39(54)67)31-18-23(43(47,48)49)17-30(36(31)70-26-10-14-56-21-26)61-34(66)6-2-4-12-58-38(52)53/h7-8,15-19,25-26,55-56H,1-6,9-14,20-21H2,(H2,54,67)(H,60,65)(H,61,66)(H4,50,51,57)(H4,52,53,58)(H2,59,62,68)/t25-,26-/m1/s1. The molecule has 16 N–H and O–H groups in total. The first-order valence-electron chi connectivity index (χ1n) is 22.2. The van der Waals surface area contributed by atoms with Gasteiger partial charge in [-0.1, -0.05) is 11.3 Å². The van der Waals surface area contributed by atoms with E-state index in [9.17, 15) is 45.5 Å². The maximum atomic E-state index is 14.6. The number of thiazole rings is 1. The van der Waals surface area contributed by atoms with E-state index < -0.39 is 76.6 Å². The summed E-state index contributed by atoms with van der Waals surface area (Å²) < 4.78 is 99.2. The first-order chi connectivity index (χ1) is 33.6. The van der Waals surface area contributed by atoms with Gasteiger partial charge in [0.05, 0.1) is 44.1 Å². The number of fused-ring (bicyclic) bond motifs is 1. The average molecular weight is 1020 g/mol. The summed E-state index contributed by atoms with van der Waals surface area (Å²) in [5.74, 6) is -2.35. The maximum Gasteiger partial charge on any atom is 0.416 e. The molecule has 3 aromatic carbocycles. The van der Waals surface area contributed by atoms with Gasteiger partial charge in [0, 0.05) is 44.7 Å². The number of nitrogens with one attached hydrogen (secondary N) is 10. The predicted molar refractivity (Wildman–Crippen MR) is 255 cm³/mol. The Bertz CT molecular complexity index is 2600. The number of primary amides is 1. The maximum absolute atomic E-state index is 14.6. The lowest BCUT2D eigenvalue weighted by atomic mass is 10.1. The quantitative estimate of drug-likeness (QED) is 0.0214. The van der Waals surface area contributed by atoms with Crippen LogP contribution >= 0.6 is 11.3 Å². The molecule has 6 amide bonds. The summed E-state index contributed by atoms with van der Waals surface area (Å²) in [7, 11) is 0. The fourth-order valence-corrected chi connectivity index (χ4v) is 8.46. The number of hydrogen-bond donors (Lipinski definition) is 13. The van der Waals surface area contributed by atoms with Gasteiger partial charge in [-0.3, -0.25) is 20.4 Å². The van der Waals surface area contributed by atoms with Crippen molar-refractivity contribution in [1.82, 2.24) is 26.3 Å². The second kappa shape index (κ2) is 23.5. The molecule has 0 saturated carbocycles. The minimum Gasteiger partial charge on any atom is -0.485 e. The fraction of sp³-hybridized carbons (Fsp3) is 0.419. The third kappa shape index (κ3) is 15.1. The van der Waals surface area contributed by atoms with Crippen LogP contribution in [0.15, 0.2) is 42.5 Å². The molecule has 2 aliphatic heterocycles. The topological polar surface area (TPSA) is 325 Å². The molecule has 2 atom stereocenters. The van der Waals surface area contributed by atoms with Crippen molar-refractivity contribution in [3.8, 4) is 11.5 Å². The van der Waals surface area contributed by atoms with E-state index in [1.54, 1.807) is 0 Å². The van der Waals surface area contributed by atoms with Gasteiger partial charge >= 0.3 is 24.4 Å². The van der Waals surface area contributed by atoms with Gasteiger partial charge in [-0.15, -0.1) is 0 Å². The number of ether oxygens (including phenoxy) is 2. The van der Waals surface area contributed by atoms with E-state index in [1.165, 1.54) is 18.2 Å². The Balaban J connectivity index is 1.29. The number of nitrogens with two attached hydrogens (primary N) is 3. The molecule has 4 aromatic rings. The fourth-order valence-electron chi connectivity index (χ4n) is 7.44. The summed E-state index contributed by atoms with van der Waals surface area (Å²) in [5, 5.41) is 35.6. The Morgan fingerprint density at radius 3 is 1.70 bits per heavy atom. The number of carbonyl (C=O) groups excluding carboxylic acids is 4. The molecular formula is C43H53F6N15O6S. The number of alkyl halides is 6. The largest absolute Gasteiger partial charge is 0.485 e. The first kappa shape index (κ1) is 53.0. The lowest BCUT2D eigenvalue weighted by molar-refractivity contribution is -0.138. The molecule has 21 nitrogen and oxygen atoms in total. The molecule has 0 aliphatic carbocycles. The highest BCUT2D eigenvalue weighted by molar-refractivity contribution is 7.22. The van der Waals surface area contributed by atoms with Gasteiger partial charge in [0.1, 0.15) is 12.2 Å². The lowest BCUT2D eigenvalue weighted by Crippen LogP contribution is -2.33. The van der Waals surface area contributed by atoms with Crippen LogP contribution in [0, 0.1) is 10.8 Å².